The first-order valence-electron chi connectivity index (χ1n) is 12.8. The highest BCUT2D eigenvalue weighted by Gasteiger charge is 2.28. The number of anilines is 1. The fraction of sp³-hybridized carbons (Fsp3) is 0.0294. The number of nitrogens with one attached hydrogen (secondary N) is 1. The molecule has 7 aromatic rings. The van der Waals surface area contributed by atoms with Crippen LogP contribution in [0.25, 0.3) is 49.5 Å². The van der Waals surface area contributed by atoms with Gasteiger partial charge < -0.3 is 14.6 Å². The number of benzene rings is 5. The third-order valence-electron chi connectivity index (χ3n) is 7.48. The third kappa shape index (κ3) is 3.14. The number of nitrogens with zero attached hydrogens (tertiary/aromatic N) is 2. The summed E-state index contributed by atoms with van der Waals surface area (Å²) in [5.74, 6) is 0.907. The average Bonchev–Trinajstić information content (AvgIpc) is 3.57. The Morgan fingerprint density at radius 3 is 2.39 bits per heavy atom. The molecule has 1 aliphatic rings. The molecule has 0 fully saturated rings. The number of hydrogen-bond acceptors (Lipinski definition) is 3. The lowest BCUT2D eigenvalue weighted by atomic mass is 10.0. The molecule has 0 amide bonds. The van der Waals surface area contributed by atoms with Gasteiger partial charge in [-0.1, -0.05) is 84.9 Å². The van der Waals surface area contributed by atoms with Gasteiger partial charge in [0.15, 0.2) is 12.0 Å². The molecular weight excluding hydrogens is 466 g/mol. The molecule has 1 aliphatic heterocycles. The van der Waals surface area contributed by atoms with Crippen molar-refractivity contribution >= 4 is 38.4 Å². The molecule has 2 aromatic heterocycles. The lowest BCUT2D eigenvalue weighted by Crippen LogP contribution is -2.09. The van der Waals surface area contributed by atoms with Crippen LogP contribution in [0.5, 0.6) is 5.75 Å². The molecule has 4 heteroatoms. The highest BCUT2D eigenvalue weighted by molar-refractivity contribution is 6.14. The van der Waals surface area contributed by atoms with Crippen molar-refractivity contribution in [2.45, 2.75) is 6.23 Å². The standard InChI is InChI=1S/C34H23N3O/c1-2-8-24(9-3-1)34-36-28-19-20-30-31(33(28)38-34)27-12-4-5-14-29(27)37(30)25-17-15-22(16-18-25)26-13-6-10-23-11-7-21-35-32(23)26/h1-21,34,36H. The van der Waals surface area contributed by atoms with Crippen molar-refractivity contribution < 1.29 is 4.74 Å². The van der Waals surface area contributed by atoms with Crippen molar-refractivity contribution in [2.75, 3.05) is 5.32 Å². The summed E-state index contributed by atoms with van der Waals surface area (Å²) in [6.07, 6.45) is 1.66. The summed E-state index contributed by atoms with van der Waals surface area (Å²) in [6, 6.07) is 42.4. The molecule has 1 N–H and O–H groups in total. The zero-order chi connectivity index (χ0) is 25.1. The molecule has 38 heavy (non-hydrogen) atoms. The number of ether oxygens (including phenoxy) is 1. The van der Waals surface area contributed by atoms with Gasteiger partial charge in [-0.05, 0) is 42.0 Å². The summed E-state index contributed by atoms with van der Waals surface area (Å²) in [6.45, 7) is 0. The molecule has 4 nitrogen and oxygen atoms in total. The van der Waals surface area contributed by atoms with Crippen LogP contribution in [0.3, 0.4) is 0 Å². The number of aromatic nitrogens is 2. The van der Waals surface area contributed by atoms with Crippen LogP contribution in [0.4, 0.5) is 5.69 Å². The van der Waals surface area contributed by atoms with Gasteiger partial charge in [-0.25, -0.2) is 0 Å². The Morgan fingerprint density at radius 1 is 0.684 bits per heavy atom. The highest BCUT2D eigenvalue weighted by atomic mass is 16.5. The maximum Gasteiger partial charge on any atom is 0.196 e. The van der Waals surface area contributed by atoms with Gasteiger partial charge in [0.05, 0.1) is 27.6 Å². The minimum atomic E-state index is -0.201. The van der Waals surface area contributed by atoms with E-state index in [1.54, 1.807) is 0 Å². The van der Waals surface area contributed by atoms with Crippen LogP contribution in [-0.2, 0) is 0 Å². The molecule has 0 saturated heterocycles. The van der Waals surface area contributed by atoms with Crippen LogP contribution in [0.2, 0.25) is 0 Å². The van der Waals surface area contributed by atoms with Gasteiger partial charge in [0.1, 0.15) is 0 Å². The zero-order valence-corrected chi connectivity index (χ0v) is 20.5. The van der Waals surface area contributed by atoms with E-state index in [2.05, 4.69) is 112 Å². The number of hydrogen-bond donors (Lipinski definition) is 1. The van der Waals surface area contributed by atoms with Crippen molar-refractivity contribution in [3.63, 3.8) is 0 Å². The van der Waals surface area contributed by atoms with Crippen molar-refractivity contribution in [3.8, 4) is 22.6 Å². The van der Waals surface area contributed by atoms with E-state index < -0.39 is 0 Å². The fourth-order valence-electron chi connectivity index (χ4n) is 5.74. The van der Waals surface area contributed by atoms with Gasteiger partial charge in [0.25, 0.3) is 0 Å². The van der Waals surface area contributed by atoms with Gasteiger partial charge in [-0.3, -0.25) is 4.98 Å². The Hall–Kier alpha value is -5.09. The van der Waals surface area contributed by atoms with E-state index in [1.807, 2.05) is 30.5 Å². The van der Waals surface area contributed by atoms with Gasteiger partial charge in [0, 0.05) is 33.8 Å². The van der Waals surface area contributed by atoms with E-state index in [4.69, 9.17) is 4.74 Å². The second kappa shape index (κ2) is 8.22. The number of pyridine rings is 1. The molecule has 1 atom stereocenters. The Labute approximate surface area is 219 Å². The quantitative estimate of drug-likeness (QED) is 0.270. The third-order valence-corrected chi connectivity index (χ3v) is 7.48. The molecule has 0 bridgehead atoms. The van der Waals surface area contributed by atoms with Crippen LogP contribution >= 0.6 is 0 Å². The first kappa shape index (κ1) is 21.0. The summed E-state index contributed by atoms with van der Waals surface area (Å²) < 4.78 is 8.88. The molecule has 5 aromatic carbocycles. The van der Waals surface area contributed by atoms with Crippen molar-refractivity contribution in [3.05, 3.63) is 133 Å². The van der Waals surface area contributed by atoms with Gasteiger partial charge in [0.2, 0.25) is 0 Å². The first-order valence-corrected chi connectivity index (χ1v) is 12.8. The fourth-order valence-corrected chi connectivity index (χ4v) is 5.74. The van der Waals surface area contributed by atoms with E-state index >= 15 is 0 Å². The predicted molar refractivity (Wildman–Crippen MR) is 155 cm³/mol. The summed E-state index contributed by atoms with van der Waals surface area (Å²) in [5.41, 5.74) is 8.83. The minimum absolute atomic E-state index is 0.201. The lowest BCUT2D eigenvalue weighted by molar-refractivity contribution is 0.263. The highest BCUT2D eigenvalue weighted by Crippen LogP contribution is 2.47. The summed E-state index contributed by atoms with van der Waals surface area (Å²) in [7, 11) is 0. The van der Waals surface area contributed by atoms with Crippen LogP contribution in [-0.4, -0.2) is 9.55 Å². The van der Waals surface area contributed by atoms with Gasteiger partial charge in [-0.15, -0.1) is 0 Å². The topological polar surface area (TPSA) is 39.1 Å². The lowest BCUT2D eigenvalue weighted by Gasteiger charge is -2.11. The Kier molecular flexibility index (Phi) is 4.55. The SMILES string of the molecule is c1ccc(C2Nc3ccc4c(c3O2)c2ccccc2n4-c2ccc(-c3cccc4cccnc34)cc2)cc1. The monoisotopic (exact) mass is 489 g/mol. The van der Waals surface area contributed by atoms with Crippen LogP contribution in [0, 0.1) is 0 Å². The Morgan fingerprint density at radius 2 is 1.50 bits per heavy atom. The van der Waals surface area contributed by atoms with E-state index in [0.717, 1.165) is 61.1 Å². The molecule has 0 radical (unpaired) electrons. The maximum absolute atomic E-state index is 6.55. The number of fused-ring (bicyclic) bond motifs is 6. The normalized spacial score (nSPS) is 14.5. The van der Waals surface area contributed by atoms with E-state index in [0.29, 0.717) is 0 Å². The molecule has 0 saturated carbocycles. The molecular formula is C34H23N3O. The summed E-state index contributed by atoms with van der Waals surface area (Å²) in [5, 5.41) is 7.01. The summed E-state index contributed by atoms with van der Waals surface area (Å²) in [4.78, 5) is 4.65. The van der Waals surface area contributed by atoms with E-state index in [1.165, 1.54) is 5.39 Å². The van der Waals surface area contributed by atoms with E-state index in [9.17, 15) is 0 Å². The van der Waals surface area contributed by atoms with Gasteiger partial charge >= 0.3 is 0 Å². The van der Waals surface area contributed by atoms with Gasteiger partial charge in [-0.2, -0.15) is 0 Å². The molecule has 0 spiro atoms. The van der Waals surface area contributed by atoms with Crippen molar-refractivity contribution in [1.82, 2.24) is 9.55 Å². The molecule has 1 unspecified atom stereocenters. The smallest absolute Gasteiger partial charge is 0.196 e. The van der Waals surface area contributed by atoms with Crippen LogP contribution in [0.15, 0.2) is 128 Å². The predicted octanol–water partition coefficient (Wildman–Crippen LogP) is 8.50. The molecule has 8 rings (SSSR count). The van der Waals surface area contributed by atoms with Crippen molar-refractivity contribution in [1.29, 1.82) is 0 Å². The average molecular weight is 490 g/mol. The number of para-hydroxylation sites is 2. The molecule has 180 valence electrons. The van der Waals surface area contributed by atoms with Crippen molar-refractivity contribution in [2.24, 2.45) is 0 Å². The largest absolute Gasteiger partial charge is 0.464 e. The minimum Gasteiger partial charge on any atom is -0.464 e. The van der Waals surface area contributed by atoms with Crippen LogP contribution < -0.4 is 10.1 Å². The Bertz CT molecular complexity index is 1970. The first-order chi connectivity index (χ1) is 18.8. The number of rotatable bonds is 3. The summed E-state index contributed by atoms with van der Waals surface area (Å²) >= 11 is 0. The Balaban J connectivity index is 1.27. The second-order valence-corrected chi connectivity index (χ2v) is 9.67. The molecule has 0 aliphatic carbocycles. The zero-order valence-electron chi connectivity index (χ0n) is 20.5. The second-order valence-electron chi connectivity index (χ2n) is 9.67. The van der Waals surface area contributed by atoms with E-state index in [-0.39, 0.29) is 6.23 Å². The van der Waals surface area contributed by atoms with Crippen LogP contribution in [0.1, 0.15) is 11.8 Å². The molecule has 3 heterocycles. The maximum atomic E-state index is 6.55.